The molecule has 0 fully saturated rings. The molecule has 1 N–H and O–H groups in total. The van der Waals surface area contributed by atoms with Crippen LogP contribution in [0.25, 0.3) is 0 Å². The number of hydrogen-bond donors (Lipinski definition) is 1. The highest BCUT2D eigenvalue weighted by atomic mass is 32.2. The van der Waals surface area contributed by atoms with Crippen molar-refractivity contribution in [1.29, 1.82) is 0 Å². The third-order valence-electron chi connectivity index (χ3n) is 2.86. The maximum atomic E-state index is 13.1. The van der Waals surface area contributed by atoms with Gasteiger partial charge in [-0.1, -0.05) is 17.8 Å². The Morgan fingerprint density at radius 2 is 2.36 bits per heavy atom. The molecule has 2 aromatic rings. The molecule has 0 aliphatic carbocycles. The second-order valence-electron chi connectivity index (χ2n) is 4.56. The molecule has 0 aliphatic heterocycles. The molecule has 1 aromatic heterocycles. The van der Waals surface area contributed by atoms with Crippen molar-refractivity contribution in [3.63, 3.8) is 0 Å². The molecule has 0 saturated heterocycles. The Bertz CT molecular complexity index is 635. The van der Waals surface area contributed by atoms with Crippen LogP contribution in [-0.4, -0.2) is 39.6 Å². The monoisotopic (exact) mass is 324 g/mol. The van der Waals surface area contributed by atoms with E-state index < -0.39 is 11.1 Å². The van der Waals surface area contributed by atoms with Crippen LogP contribution in [-0.2, 0) is 16.1 Å². The first-order chi connectivity index (χ1) is 10.6. The fourth-order valence-electron chi connectivity index (χ4n) is 1.70. The molecule has 8 heteroatoms. The number of nitrogens with zero attached hydrogens (tertiary/aromatic N) is 3. The third-order valence-corrected chi connectivity index (χ3v) is 3.95. The van der Waals surface area contributed by atoms with Crippen molar-refractivity contribution >= 4 is 23.4 Å². The Kier molecular flexibility index (Phi) is 5.91. The first-order valence-electron chi connectivity index (χ1n) is 6.70. The van der Waals surface area contributed by atoms with Gasteiger partial charge in [0.1, 0.15) is 12.1 Å². The number of rotatable bonds is 7. The lowest BCUT2D eigenvalue weighted by atomic mass is 10.3. The lowest BCUT2D eigenvalue weighted by Crippen LogP contribution is -2.23. The van der Waals surface area contributed by atoms with Gasteiger partial charge < -0.3 is 14.6 Å². The van der Waals surface area contributed by atoms with Crippen molar-refractivity contribution in [3.8, 4) is 0 Å². The summed E-state index contributed by atoms with van der Waals surface area (Å²) in [5.41, 5.74) is 0.429. The number of nitrogens with one attached hydrogen (secondary N) is 1. The minimum atomic E-state index is -0.395. The first kappa shape index (κ1) is 16.4. The van der Waals surface area contributed by atoms with Crippen molar-refractivity contribution in [1.82, 2.24) is 14.8 Å². The van der Waals surface area contributed by atoms with E-state index in [0.717, 1.165) is 0 Å². The smallest absolute Gasteiger partial charge is 0.237 e. The van der Waals surface area contributed by atoms with Crippen LogP contribution in [0.5, 0.6) is 0 Å². The lowest BCUT2D eigenvalue weighted by Gasteiger charge is -2.12. The van der Waals surface area contributed by atoms with E-state index in [2.05, 4.69) is 15.5 Å². The standard InChI is InChI=1S/C14H17FN4O2S/c1-10(13(20)17-12-5-3-4-11(15)8-12)22-14-18-16-9-19(14)6-7-21-2/h3-5,8-10H,6-7H2,1-2H3,(H,17,20). The normalized spacial score (nSPS) is 12.1. The van der Waals surface area contributed by atoms with Gasteiger partial charge in [0.15, 0.2) is 5.16 Å². The van der Waals surface area contributed by atoms with Gasteiger partial charge in [-0.2, -0.15) is 0 Å². The minimum absolute atomic E-state index is 0.225. The van der Waals surface area contributed by atoms with Gasteiger partial charge >= 0.3 is 0 Å². The summed E-state index contributed by atoms with van der Waals surface area (Å²) in [6.45, 7) is 2.91. The molecule has 6 nitrogen and oxygen atoms in total. The Labute approximate surface area is 132 Å². The van der Waals surface area contributed by atoms with Crippen LogP contribution >= 0.6 is 11.8 Å². The molecule has 0 aliphatic rings. The summed E-state index contributed by atoms with van der Waals surface area (Å²) in [5, 5.41) is 10.8. The number of thioether (sulfide) groups is 1. The average molecular weight is 324 g/mol. The highest BCUT2D eigenvalue weighted by Gasteiger charge is 2.18. The van der Waals surface area contributed by atoms with Crippen molar-refractivity contribution in [2.75, 3.05) is 19.0 Å². The summed E-state index contributed by atoms with van der Waals surface area (Å²) in [7, 11) is 1.62. The van der Waals surface area contributed by atoms with Crippen molar-refractivity contribution in [2.45, 2.75) is 23.9 Å². The number of carbonyl (C=O) groups is 1. The number of halogens is 1. The van der Waals surface area contributed by atoms with Crippen LogP contribution in [0.2, 0.25) is 0 Å². The predicted molar refractivity (Wildman–Crippen MR) is 82.2 cm³/mol. The number of amides is 1. The maximum absolute atomic E-state index is 13.1. The van der Waals surface area contributed by atoms with Gasteiger partial charge in [0.05, 0.1) is 11.9 Å². The average Bonchev–Trinajstić information content (AvgIpc) is 2.92. The van der Waals surface area contributed by atoms with Crippen molar-refractivity contribution in [3.05, 3.63) is 36.4 Å². The summed E-state index contributed by atoms with van der Waals surface area (Å²) in [5.74, 6) is -0.616. The van der Waals surface area contributed by atoms with Gasteiger partial charge in [-0.05, 0) is 25.1 Å². The first-order valence-corrected chi connectivity index (χ1v) is 7.58. The molecule has 0 radical (unpaired) electrons. The summed E-state index contributed by atoms with van der Waals surface area (Å²) in [6, 6.07) is 5.78. The van der Waals surface area contributed by atoms with Crippen molar-refractivity contribution < 1.29 is 13.9 Å². The zero-order chi connectivity index (χ0) is 15.9. The molecule has 1 amide bonds. The van der Waals surface area contributed by atoms with Crippen LogP contribution < -0.4 is 5.32 Å². The second-order valence-corrected chi connectivity index (χ2v) is 5.87. The molecule has 1 atom stereocenters. The fourth-order valence-corrected chi connectivity index (χ4v) is 2.55. The molecule has 118 valence electrons. The molecule has 0 bridgehead atoms. The van der Waals surface area contributed by atoms with Gasteiger partial charge in [0, 0.05) is 19.3 Å². The van der Waals surface area contributed by atoms with Gasteiger partial charge in [-0.3, -0.25) is 4.79 Å². The van der Waals surface area contributed by atoms with Crippen molar-refractivity contribution in [2.24, 2.45) is 0 Å². The highest BCUT2D eigenvalue weighted by Crippen LogP contribution is 2.22. The molecule has 2 rings (SSSR count). The highest BCUT2D eigenvalue weighted by molar-refractivity contribution is 8.00. The second kappa shape index (κ2) is 7.90. The van der Waals surface area contributed by atoms with E-state index in [4.69, 9.17) is 4.74 Å². The van der Waals surface area contributed by atoms with E-state index in [9.17, 15) is 9.18 Å². The van der Waals surface area contributed by atoms with E-state index in [1.54, 1.807) is 32.5 Å². The number of anilines is 1. The molecule has 0 spiro atoms. The summed E-state index contributed by atoms with van der Waals surface area (Å²) < 4.78 is 19.9. The molecule has 1 unspecified atom stereocenters. The lowest BCUT2D eigenvalue weighted by molar-refractivity contribution is -0.115. The number of aromatic nitrogens is 3. The quantitative estimate of drug-likeness (QED) is 0.791. The van der Waals surface area contributed by atoms with E-state index in [-0.39, 0.29) is 5.91 Å². The number of carbonyl (C=O) groups excluding carboxylic acids is 1. The van der Waals surface area contributed by atoms with Crippen LogP contribution in [0.4, 0.5) is 10.1 Å². The van der Waals surface area contributed by atoms with Crippen LogP contribution in [0.3, 0.4) is 0 Å². The fraction of sp³-hybridized carbons (Fsp3) is 0.357. The van der Waals surface area contributed by atoms with E-state index in [1.807, 2.05) is 4.57 Å². The molecule has 1 aromatic carbocycles. The van der Waals surface area contributed by atoms with E-state index in [0.29, 0.717) is 24.0 Å². The predicted octanol–water partition coefficient (Wildman–Crippen LogP) is 2.18. The third kappa shape index (κ3) is 4.54. The number of benzene rings is 1. The minimum Gasteiger partial charge on any atom is -0.383 e. The van der Waals surface area contributed by atoms with Gasteiger partial charge in [0.25, 0.3) is 0 Å². The summed E-state index contributed by atoms with van der Waals surface area (Å²) >= 11 is 1.29. The van der Waals surface area contributed by atoms with Gasteiger partial charge in [-0.15, -0.1) is 10.2 Å². The van der Waals surface area contributed by atoms with E-state index >= 15 is 0 Å². The van der Waals surface area contributed by atoms with Crippen LogP contribution in [0.1, 0.15) is 6.92 Å². The Morgan fingerprint density at radius 3 is 3.09 bits per heavy atom. The van der Waals surface area contributed by atoms with Crippen LogP contribution in [0, 0.1) is 5.82 Å². The zero-order valence-corrected chi connectivity index (χ0v) is 13.1. The maximum Gasteiger partial charge on any atom is 0.237 e. The molecule has 1 heterocycles. The van der Waals surface area contributed by atoms with Gasteiger partial charge in [-0.25, -0.2) is 4.39 Å². The number of ether oxygens (including phenoxy) is 1. The Balaban J connectivity index is 1.95. The number of hydrogen-bond acceptors (Lipinski definition) is 5. The molecular formula is C14H17FN4O2S. The summed E-state index contributed by atoms with van der Waals surface area (Å²) in [6.07, 6.45) is 1.60. The molecular weight excluding hydrogens is 307 g/mol. The SMILES string of the molecule is COCCn1cnnc1SC(C)C(=O)Nc1cccc(F)c1. The Hall–Kier alpha value is -1.93. The Morgan fingerprint density at radius 1 is 1.55 bits per heavy atom. The topological polar surface area (TPSA) is 69.0 Å². The van der Waals surface area contributed by atoms with E-state index in [1.165, 1.54) is 23.9 Å². The van der Waals surface area contributed by atoms with Gasteiger partial charge in [0.2, 0.25) is 5.91 Å². The summed E-state index contributed by atoms with van der Waals surface area (Å²) in [4.78, 5) is 12.1. The van der Waals surface area contributed by atoms with Crippen LogP contribution in [0.15, 0.2) is 35.7 Å². The molecule has 0 saturated carbocycles. The molecule has 22 heavy (non-hydrogen) atoms. The largest absolute Gasteiger partial charge is 0.383 e. The number of methoxy groups -OCH3 is 1. The zero-order valence-electron chi connectivity index (χ0n) is 12.3.